The van der Waals surface area contributed by atoms with Crippen molar-refractivity contribution in [1.82, 2.24) is 15.0 Å². The minimum atomic E-state index is 0.0420. The summed E-state index contributed by atoms with van der Waals surface area (Å²) in [5, 5.41) is 12.5. The van der Waals surface area contributed by atoms with Crippen molar-refractivity contribution in [2.24, 2.45) is 0 Å². The van der Waals surface area contributed by atoms with E-state index in [0.717, 1.165) is 15.7 Å². The van der Waals surface area contributed by atoms with Gasteiger partial charge in [0.05, 0.1) is 5.57 Å². The van der Waals surface area contributed by atoms with Crippen LogP contribution in [0.2, 0.25) is 0 Å². The molecule has 0 aliphatic rings. The molecule has 0 saturated heterocycles. The van der Waals surface area contributed by atoms with Crippen LogP contribution in [0.5, 0.6) is 0 Å². The first-order valence-electron chi connectivity index (χ1n) is 7.35. The van der Waals surface area contributed by atoms with Crippen molar-refractivity contribution in [2.45, 2.75) is 0 Å². The number of rotatable bonds is 4. The van der Waals surface area contributed by atoms with Gasteiger partial charge in [0.1, 0.15) is 6.07 Å². The van der Waals surface area contributed by atoms with Gasteiger partial charge in [0.15, 0.2) is 5.82 Å². The number of nitrogens with two attached hydrogens (primary N) is 1. The number of para-hydroxylation sites is 1. The summed E-state index contributed by atoms with van der Waals surface area (Å²) >= 11 is 3.38. The number of nitrogens with zero attached hydrogens (tertiary/aromatic N) is 4. The van der Waals surface area contributed by atoms with E-state index < -0.39 is 0 Å². The minimum absolute atomic E-state index is 0.0420. The lowest BCUT2D eigenvalue weighted by Gasteiger charge is -2.07. The number of hydrogen-bond acceptors (Lipinski definition) is 6. The fourth-order valence-electron chi connectivity index (χ4n) is 2.09. The van der Waals surface area contributed by atoms with Crippen molar-refractivity contribution in [3.8, 4) is 6.07 Å². The topological polar surface area (TPSA) is 101 Å². The largest absolute Gasteiger partial charge is 0.368 e. The highest BCUT2D eigenvalue weighted by molar-refractivity contribution is 9.10. The molecule has 6 nitrogen and oxygen atoms in total. The van der Waals surface area contributed by atoms with Gasteiger partial charge in [-0.3, -0.25) is 0 Å². The van der Waals surface area contributed by atoms with Gasteiger partial charge in [0.2, 0.25) is 11.9 Å². The van der Waals surface area contributed by atoms with Crippen molar-refractivity contribution >= 4 is 45.2 Å². The van der Waals surface area contributed by atoms with Crippen LogP contribution in [0.25, 0.3) is 11.6 Å². The number of nitriles is 1. The van der Waals surface area contributed by atoms with Crippen molar-refractivity contribution < 1.29 is 0 Å². The zero-order valence-corrected chi connectivity index (χ0v) is 14.6. The van der Waals surface area contributed by atoms with Gasteiger partial charge in [-0.05, 0) is 35.9 Å². The summed E-state index contributed by atoms with van der Waals surface area (Å²) in [5.74, 6) is 0.544. The molecule has 3 rings (SSSR count). The van der Waals surface area contributed by atoms with Crippen molar-refractivity contribution in [3.05, 3.63) is 70.5 Å². The monoisotopic (exact) mass is 392 g/mol. The molecule has 3 N–H and O–H groups in total. The summed E-state index contributed by atoms with van der Waals surface area (Å²) in [7, 11) is 0. The number of halogens is 1. The van der Waals surface area contributed by atoms with E-state index in [1.54, 1.807) is 6.08 Å². The van der Waals surface area contributed by atoms with Crippen LogP contribution in [-0.2, 0) is 0 Å². The van der Waals surface area contributed by atoms with E-state index in [-0.39, 0.29) is 17.7 Å². The first kappa shape index (κ1) is 16.6. The molecule has 122 valence electrons. The Kier molecular flexibility index (Phi) is 5.02. The van der Waals surface area contributed by atoms with Crippen molar-refractivity contribution in [3.63, 3.8) is 0 Å². The predicted octanol–water partition coefficient (Wildman–Crippen LogP) is 4.02. The van der Waals surface area contributed by atoms with E-state index in [0.29, 0.717) is 5.57 Å². The Labute approximate surface area is 153 Å². The summed E-state index contributed by atoms with van der Waals surface area (Å²) in [4.78, 5) is 12.4. The number of hydrogen-bond donors (Lipinski definition) is 2. The van der Waals surface area contributed by atoms with Gasteiger partial charge in [-0.15, -0.1) is 0 Å². The Hall–Kier alpha value is -3.24. The molecule has 0 unspecified atom stereocenters. The molecule has 0 bridgehead atoms. The number of allylic oxidation sites excluding steroid dienone is 1. The second kappa shape index (κ2) is 7.55. The average Bonchev–Trinajstić information content (AvgIpc) is 2.61. The lowest BCUT2D eigenvalue weighted by Crippen LogP contribution is -2.06. The van der Waals surface area contributed by atoms with Crippen LogP contribution >= 0.6 is 15.9 Å². The van der Waals surface area contributed by atoms with Crippen LogP contribution in [0, 0.1) is 11.3 Å². The minimum Gasteiger partial charge on any atom is -0.368 e. The lowest BCUT2D eigenvalue weighted by atomic mass is 10.1. The van der Waals surface area contributed by atoms with Crippen LogP contribution in [0.1, 0.15) is 11.4 Å². The molecular formula is C18H13BrN6. The fourth-order valence-corrected chi connectivity index (χ4v) is 2.36. The highest BCUT2D eigenvalue weighted by Crippen LogP contribution is 2.19. The van der Waals surface area contributed by atoms with Gasteiger partial charge in [0, 0.05) is 10.2 Å². The molecule has 25 heavy (non-hydrogen) atoms. The smallest absolute Gasteiger partial charge is 0.232 e. The Bertz CT molecular complexity index is 946. The molecule has 0 spiro atoms. The maximum atomic E-state index is 9.48. The van der Waals surface area contributed by atoms with Crippen LogP contribution in [0.3, 0.4) is 0 Å². The molecule has 0 radical (unpaired) electrons. The summed E-state index contributed by atoms with van der Waals surface area (Å²) in [6, 6.07) is 19.1. The molecule has 0 saturated carbocycles. The molecule has 0 amide bonds. The Balaban J connectivity index is 1.95. The highest BCUT2D eigenvalue weighted by atomic mass is 79.9. The number of nitrogen functional groups attached to an aromatic ring is 1. The predicted molar refractivity (Wildman–Crippen MR) is 102 cm³/mol. The summed E-state index contributed by atoms with van der Waals surface area (Å²) in [5.41, 5.74) is 7.74. The van der Waals surface area contributed by atoms with Gasteiger partial charge in [-0.25, -0.2) is 0 Å². The molecule has 2 aromatic carbocycles. The third-order valence-electron chi connectivity index (χ3n) is 3.22. The van der Waals surface area contributed by atoms with Crippen LogP contribution in [0.4, 0.5) is 17.6 Å². The van der Waals surface area contributed by atoms with Crippen LogP contribution < -0.4 is 11.1 Å². The Morgan fingerprint density at radius 3 is 2.44 bits per heavy atom. The maximum absolute atomic E-state index is 9.48. The van der Waals surface area contributed by atoms with Crippen LogP contribution in [-0.4, -0.2) is 15.0 Å². The van der Waals surface area contributed by atoms with E-state index in [1.807, 2.05) is 54.6 Å². The third-order valence-corrected chi connectivity index (χ3v) is 3.75. The molecule has 0 fully saturated rings. The van der Waals surface area contributed by atoms with Crippen LogP contribution in [0.15, 0.2) is 59.1 Å². The molecular weight excluding hydrogens is 380 g/mol. The highest BCUT2D eigenvalue weighted by Gasteiger charge is 2.10. The molecule has 1 heterocycles. The first-order valence-corrected chi connectivity index (χ1v) is 8.15. The normalized spacial score (nSPS) is 11.0. The molecule has 3 aromatic rings. The van der Waals surface area contributed by atoms with E-state index in [9.17, 15) is 5.26 Å². The molecule has 0 aliphatic heterocycles. The quantitative estimate of drug-likeness (QED) is 0.650. The standard InChI is InChI=1S/C18H13BrN6/c19-14-8-6-12(7-9-14)10-13(11-20)16-23-17(21)25-18(24-16)22-15-4-2-1-3-5-15/h1-10H,(H3,21,22,23,24,25). The Morgan fingerprint density at radius 1 is 1.04 bits per heavy atom. The zero-order valence-electron chi connectivity index (χ0n) is 13.0. The molecule has 0 aliphatic carbocycles. The second-order valence-electron chi connectivity index (χ2n) is 5.05. The molecule has 1 aromatic heterocycles. The van der Waals surface area contributed by atoms with Crippen molar-refractivity contribution in [2.75, 3.05) is 11.1 Å². The van der Waals surface area contributed by atoms with E-state index in [4.69, 9.17) is 5.73 Å². The summed E-state index contributed by atoms with van der Waals surface area (Å²) in [6.07, 6.45) is 1.70. The zero-order chi connectivity index (χ0) is 17.6. The number of aromatic nitrogens is 3. The molecule has 7 heteroatoms. The van der Waals surface area contributed by atoms with Crippen molar-refractivity contribution in [1.29, 1.82) is 5.26 Å². The fraction of sp³-hybridized carbons (Fsp3) is 0. The van der Waals surface area contributed by atoms with Gasteiger partial charge < -0.3 is 11.1 Å². The number of anilines is 3. The number of nitrogens with one attached hydrogen (secondary N) is 1. The van der Waals surface area contributed by atoms with Gasteiger partial charge in [-0.2, -0.15) is 20.2 Å². The van der Waals surface area contributed by atoms with Gasteiger partial charge >= 0.3 is 0 Å². The van der Waals surface area contributed by atoms with Gasteiger partial charge in [-0.1, -0.05) is 46.3 Å². The average molecular weight is 393 g/mol. The Morgan fingerprint density at radius 2 is 1.76 bits per heavy atom. The SMILES string of the molecule is N#CC(=Cc1ccc(Br)cc1)c1nc(N)nc(Nc2ccccc2)n1. The third kappa shape index (κ3) is 4.40. The lowest BCUT2D eigenvalue weighted by molar-refractivity contribution is 1.04. The van der Waals surface area contributed by atoms with E-state index in [1.165, 1.54) is 0 Å². The van der Waals surface area contributed by atoms with Gasteiger partial charge in [0.25, 0.3) is 0 Å². The maximum Gasteiger partial charge on any atom is 0.232 e. The number of benzene rings is 2. The molecule has 0 atom stereocenters. The van der Waals surface area contributed by atoms with E-state index in [2.05, 4.69) is 42.3 Å². The second-order valence-corrected chi connectivity index (χ2v) is 5.97. The summed E-state index contributed by atoms with van der Waals surface area (Å²) in [6.45, 7) is 0. The first-order chi connectivity index (χ1) is 12.1. The summed E-state index contributed by atoms with van der Waals surface area (Å²) < 4.78 is 0.960. The van der Waals surface area contributed by atoms with E-state index >= 15 is 0 Å².